The van der Waals surface area contributed by atoms with Crippen molar-refractivity contribution in [1.29, 1.82) is 0 Å². The van der Waals surface area contributed by atoms with E-state index in [9.17, 15) is 13.2 Å². The van der Waals surface area contributed by atoms with Gasteiger partial charge in [-0.25, -0.2) is 4.98 Å². The number of halogens is 3. The number of alkyl halides is 3. The van der Waals surface area contributed by atoms with Crippen molar-refractivity contribution >= 4 is 22.6 Å². The fourth-order valence-electron chi connectivity index (χ4n) is 1.91. The summed E-state index contributed by atoms with van der Waals surface area (Å²) in [6, 6.07) is 3.45. The minimum atomic E-state index is -4.36. The molecule has 0 spiro atoms. The minimum absolute atomic E-state index is 0.352. The molecular weight excluding hydrogens is 289 g/mol. The van der Waals surface area contributed by atoms with Gasteiger partial charge in [-0.05, 0) is 36.2 Å². The van der Waals surface area contributed by atoms with Gasteiger partial charge in [-0.2, -0.15) is 13.2 Å². The van der Waals surface area contributed by atoms with E-state index in [0.29, 0.717) is 23.3 Å². The molecule has 4 nitrogen and oxygen atoms in total. The number of rotatable bonds is 2. The molecule has 1 aromatic carbocycles. The molecule has 0 atom stereocenters. The SMILES string of the molecule is CCc1nnsc1-c1nc2ccc(C(F)(F)F)cc2[nH]1. The van der Waals surface area contributed by atoms with Crippen molar-refractivity contribution in [3.8, 4) is 10.7 Å². The fraction of sp³-hybridized carbons (Fsp3) is 0.250. The summed E-state index contributed by atoms with van der Waals surface area (Å²) < 4.78 is 41.8. The number of benzene rings is 1. The summed E-state index contributed by atoms with van der Waals surface area (Å²) in [6.45, 7) is 1.94. The van der Waals surface area contributed by atoms with Crippen molar-refractivity contribution in [3.05, 3.63) is 29.5 Å². The van der Waals surface area contributed by atoms with Crippen molar-refractivity contribution in [2.24, 2.45) is 0 Å². The van der Waals surface area contributed by atoms with Gasteiger partial charge in [-0.3, -0.25) is 0 Å². The van der Waals surface area contributed by atoms with E-state index < -0.39 is 11.7 Å². The summed E-state index contributed by atoms with van der Waals surface area (Å²) in [5, 5.41) is 3.97. The molecule has 3 aromatic rings. The fourth-order valence-corrected chi connectivity index (χ4v) is 2.61. The van der Waals surface area contributed by atoms with Crippen LogP contribution in [0.5, 0.6) is 0 Å². The number of aromatic nitrogens is 4. The summed E-state index contributed by atoms with van der Waals surface area (Å²) in [5.41, 5.74) is 0.928. The highest BCUT2D eigenvalue weighted by Crippen LogP contribution is 2.32. The van der Waals surface area contributed by atoms with Crippen LogP contribution >= 0.6 is 11.5 Å². The number of aryl methyl sites for hydroxylation is 1. The average molecular weight is 298 g/mol. The minimum Gasteiger partial charge on any atom is -0.337 e. The van der Waals surface area contributed by atoms with Gasteiger partial charge in [-0.15, -0.1) is 5.10 Å². The lowest BCUT2D eigenvalue weighted by atomic mass is 10.2. The average Bonchev–Trinajstić information content (AvgIpc) is 3.02. The maximum absolute atomic E-state index is 12.7. The first-order valence-corrected chi connectivity index (χ1v) is 6.65. The molecule has 0 aliphatic heterocycles. The van der Waals surface area contributed by atoms with E-state index in [-0.39, 0.29) is 0 Å². The number of hydrogen-bond acceptors (Lipinski definition) is 4. The topological polar surface area (TPSA) is 54.5 Å². The molecule has 8 heteroatoms. The maximum Gasteiger partial charge on any atom is 0.416 e. The molecule has 2 aromatic heterocycles. The summed E-state index contributed by atoms with van der Waals surface area (Å²) in [6.07, 6.45) is -3.67. The second-order valence-corrected chi connectivity index (χ2v) is 4.97. The third-order valence-electron chi connectivity index (χ3n) is 2.91. The van der Waals surface area contributed by atoms with Crippen LogP contribution in [0.3, 0.4) is 0 Å². The van der Waals surface area contributed by atoms with Gasteiger partial charge < -0.3 is 4.98 Å². The number of imidazole rings is 1. The second kappa shape index (κ2) is 4.55. The first kappa shape index (κ1) is 13.0. The second-order valence-electron chi connectivity index (χ2n) is 4.22. The highest BCUT2D eigenvalue weighted by molar-refractivity contribution is 7.09. The van der Waals surface area contributed by atoms with Gasteiger partial charge in [0, 0.05) is 0 Å². The molecule has 0 radical (unpaired) electrons. The van der Waals surface area contributed by atoms with Gasteiger partial charge in [-0.1, -0.05) is 11.4 Å². The van der Waals surface area contributed by atoms with Gasteiger partial charge in [0.2, 0.25) is 0 Å². The van der Waals surface area contributed by atoms with E-state index in [1.165, 1.54) is 17.6 Å². The van der Waals surface area contributed by atoms with Crippen LogP contribution in [0.1, 0.15) is 18.2 Å². The first-order valence-electron chi connectivity index (χ1n) is 5.87. The Morgan fingerprint density at radius 3 is 2.80 bits per heavy atom. The zero-order valence-corrected chi connectivity index (χ0v) is 11.1. The number of aromatic amines is 1. The van der Waals surface area contributed by atoms with Crippen LogP contribution in [0.25, 0.3) is 21.7 Å². The van der Waals surface area contributed by atoms with Crippen LogP contribution in [0.2, 0.25) is 0 Å². The van der Waals surface area contributed by atoms with Gasteiger partial charge >= 0.3 is 6.18 Å². The molecule has 3 rings (SSSR count). The Labute approximate surface area is 115 Å². The molecule has 20 heavy (non-hydrogen) atoms. The van der Waals surface area contributed by atoms with Crippen molar-refractivity contribution in [1.82, 2.24) is 19.6 Å². The molecule has 0 unspecified atom stereocenters. The summed E-state index contributed by atoms with van der Waals surface area (Å²) in [7, 11) is 0. The zero-order chi connectivity index (χ0) is 14.3. The molecule has 0 saturated carbocycles. The maximum atomic E-state index is 12.7. The number of nitrogens with zero attached hydrogens (tertiary/aromatic N) is 3. The Balaban J connectivity index is 2.12. The number of fused-ring (bicyclic) bond motifs is 1. The van der Waals surface area contributed by atoms with Crippen molar-refractivity contribution < 1.29 is 13.2 Å². The van der Waals surface area contributed by atoms with Crippen molar-refractivity contribution in [3.63, 3.8) is 0 Å². The zero-order valence-electron chi connectivity index (χ0n) is 10.3. The number of hydrogen-bond donors (Lipinski definition) is 1. The van der Waals surface area contributed by atoms with Crippen molar-refractivity contribution in [2.45, 2.75) is 19.5 Å². The third-order valence-corrected chi connectivity index (χ3v) is 3.69. The van der Waals surface area contributed by atoms with E-state index >= 15 is 0 Å². The molecule has 104 valence electrons. The number of H-pyrrole nitrogens is 1. The molecule has 0 saturated heterocycles. The van der Waals surface area contributed by atoms with Crippen LogP contribution < -0.4 is 0 Å². The summed E-state index contributed by atoms with van der Waals surface area (Å²) in [5.74, 6) is 0.506. The highest BCUT2D eigenvalue weighted by Gasteiger charge is 2.30. The molecule has 2 heterocycles. The van der Waals surface area contributed by atoms with E-state index in [2.05, 4.69) is 19.6 Å². The van der Waals surface area contributed by atoms with Gasteiger partial charge in [0.05, 0.1) is 22.3 Å². The lowest BCUT2D eigenvalue weighted by molar-refractivity contribution is -0.137. The summed E-state index contributed by atoms with van der Waals surface area (Å²) in [4.78, 5) is 7.96. The highest BCUT2D eigenvalue weighted by atomic mass is 32.1. The van der Waals surface area contributed by atoms with Gasteiger partial charge in [0.15, 0.2) is 5.82 Å². The summed E-state index contributed by atoms with van der Waals surface area (Å²) >= 11 is 1.18. The van der Waals surface area contributed by atoms with Gasteiger partial charge in [0.25, 0.3) is 0 Å². The third kappa shape index (κ3) is 2.15. The predicted octanol–water partition coefficient (Wildman–Crippen LogP) is 3.66. The normalized spacial score (nSPS) is 12.2. The Morgan fingerprint density at radius 1 is 1.30 bits per heavy atom. The predicted molar refractivity (Wildman–Crippen MR) is 69.4 cm³/mol. The molecule has 0 bridgehead atoms. The van der Waals surface area contributed by atoms with Gasteiger partial charge in [0.1, 0.15) is 4.88 Å². The lowest BCUT2D eigenvalue weighted by Crippen LogP contribution is -2.04. The van der Waals surface area contributed by atoms with E-state index in [1.54, 1.807) is 0 Å². The molecule has 1 N–H and O–H groups in total. The van der Waals surface area contributed by atoms with Crippen LogP contribution in [0.4, 0.5) is 13.2 Å². The Bertz CT molecular complexity index is 759. The largest absolute Gasteiger partial charge is 0.416 e. The van der Waals surface area contributed by atoms with Crippen LogP contribution in [0.15, 0.2) is 18.2 Å². The Hall–Kier alpha value is -1.96. The first-order chi connectivity index (χ1) is 9.49. The smallest absolute Gasteiger partial charge is 0.337 e. The molecule has 0 aliphatic rings. The van der Waals surface area contributed by atoms with Crippen LogP contribution in [-0.4, -0.2) is 19.6 Å². The molecule has 0 aliphatic carbocycles. The molecule has 0 amide bonds. The number of nitrogens with one attached hydrogen (secondary N) is 1. The van der Waals surface area contributed by atoms with Crippen LogP contribution in [-0.2, 0) is 12.6 Å². The Kier molecular flexibility index (Phi) is 2.97. The monoisotopic (exact) mass is 298 g/mol. The van der Waals surface area contributed by atoms with E-state index in [4.69, 9.17) is 0 Å². The van der Waals surface area contributed by atoms with E-state index in [1.807, 2.05) is 6.92 Å². The lowest BCUT2D eigenvalue weighted by Gasteiger charge is -2.05. The standard InChI is InChI=1S/C12H9F3N4S/c1-2-7-10(20-19-18-7)11-16-8-4-3-6(12(13,14)15)5-9(8)17-11/h3-5H,2H2,1H3,(H,16,17). The molecular formula is C12H9F3N4S. The van der Waals surface area contributed by atoms with Crippen molar-refractivity contribution in [2.75, 3.05) is 0 Å². The Morgan fingerprint density at radius 2 is 2.10 bits per heavy atom. The van der Waals surface area contributed by atoms with E-state index in [0.717, 1.165) is 22.7 Å². The molecule has 0 fully saturated rings. The quantitative estimate of drug-likeness (QED) is 0.785. The van der Waals surface area contributed by atoms with Crippen LogP contribution in [0, 0.1) is 0 Å².